The van der Waals surface area contributed by atoms with Crippen molar-refractivity contribution < 1.29 is 14.3 Å². The van der Waals surface area contributed by atoms with Gasteiger partial charge in [-0.05, 0) is 70.9 Å². The van der Waals surface area contributed by atoms with Crippen molar-refractivity contribution in [1.29, 1.82) is 5.26 Å². The van der Waals surface area contributed by atoms with Gasteiger partial charge in [-0.2, -0.15) is 5.26 Å². The largest absolute Gasteiger partial charge is 0.444 e. The molecule has 0 spiro atoms. The summed E-state index contributed by atoms with van der Waals surface area (Å²) in [6.45, 7) is 9.56. The lowest BCUT2D eigenvalue weighted by molar-refractivity contribution is -0.128. The van der Waals surface area contributed by atoms with E-state index in [0.717, 1.165) is 30.4 Å². The summed E-state index contributed by atoms with van der Waals surface area (Å²) in [7, 11) is 0. The fourth-order valence-corrected chi connectivity index (χ4v) is 4.61. The number of likely N-dealkylation sites (tertiary alicyclic amines) is 1. The van der Waals surface area contributed by atoms with Crippen molar-refractivity contribution in [2.24, 2.45) is 5.92 Å². The molecule has 0 radical (unpaired) electrons. The van der Waals surface area contributed by atoms with Crippen molar-refractivity contribution in [3.05, 3.63) is 41.0 Å². The van der Waals surface area contributed by atoms with Gasteiger partial charge < -0.3 is 10.1 Å². The molecule has 31 heavy (non-hydrogen) atoms. The minimum Gasteiger partial charge on any atom is -0.444 e. The molecular formula is C25H33N3O3. The molecule has 2 fully saturated rings. The maximum Gasteiger partial charge on any atom is 0.411 e. The van der Waals surface area contributed by atoms with Crippen LogP contribution in [-0.4, -0.2) is 40.6 Å². The molecule has 1 N–H and O–H groups in total. The van der Waals surface area contributed by atoms with Gasteiger partial charge in [0.2, 0.25) is 5.91 Å². The second-order valence-corrected chi connectivity index (χ2v) is 9.92. The second-order valence-electron chi connectivity index (χ2n) is 9.92. The van der Waals surface area contributed by atoms with Crippen molar-refractivity contribution in [2.75, 3.05) is 0 Å². The summed E-state index contributed by atoms with van der Waals surface area (Å²) in [4.78, 5) is 27.5. The lowest BCUT2D eigenvalue weighted by atomic mass is 9.97. The number of rotatable bonds is 5. The van der Waals surface area contributed by atoms with Crippen LogP contribution in [0.3, 0.4) is 0 Å². The molecule has 166 valence electrons. The van der Waals surface area contributed by atoms with Crippen LogP contribution in [0.2, 0.25) is 0 Å². The number of carbonyl (C=O) groups excluding carboxylic acids is 2. The molecule has 1 heterocycles. The highest BCUT2D eigenvalue weighted by Gasteiger charge is 2.52. The average Bonchev–Trinajstić information content (AvgIpc) is 3.28. The van der Waals surface area contributed by atoms with Gasteiger partial charge in [-0.3, -0.25) is 9.69 Å². The molecule has 1 saturated carbocycles. The third kappa shape index (κ3) is 5.66. The van der Waals surface area contributed by atoms with E-state index < -0.39 is 23.8 Å². The Morgan fingerprint density at radius 1 is 1.26 bits per heavy atom. The second kappa shape index (κ2) is 9.13. The van der Waals surface area contributed by atoms with E-state index in [4.69, 9.17) is 4.74 Å². The molecule has 2 amide bonds. The van der Waals surface area contributed by atoms with Gasteiger partial charge in [0, 0.05) is 12.5 Å². The Morgan fingerprint density at radius 2 is 1.94 bits per heavy atom. The summed E-state index contributed by atoms with van der Waals surface area (Å²) in [5.74, 6) is -0.133. The zero-order chi connectivity index (χ0) is 22.8. The fourth-order valence-electron chi connectivity index (χ4n) is 4.61. The first-order valence-electron chi connectivity index (χ1n) is 11.0. The van der Waals surface area contributed by atoms with Gasteiger partial charge in [0.1, 0.15) is 17.7 Å². The number of fused-ring (bicyclic) bond motifs is 2. The molecule has 1 aliphatic heterocycles. The van der Waals surface area contributed by atoms with E-state index in [1.165, 1.54) is 5.57 Å². The van der Waals surface area contributed by atoms with Crippen LogP contribution in [0.4, 0.5) is 4.79 Å². The van der Waals surface area contributed by atoms with Gasteiger partial charge in [0.05, 0.1) is 6.07 Å². The Kier molecular flexibility index (Phi) is 6.74. The van der Waals surface area contributed by atoms with Crippen LogP contribution >= 0.6 is 0 Å². The highest BCUT2D eigenvalue weighted by molar-refractivity contribution is 5.87. The van der Waals surface area contributed by atoms with Crippen LogP contribution in [-0.2, 0) is 16.0 Å². The number of nitriles is 1. The smallest absolute Gasteiger partial charge is 0.411 e. The summed E-state index contributed by atoms with van der Waals surface area (Å²) in [5, 5.41) is 12.5. The van der Waals surface area contributed by atoms with Crippen LogP contribution < -0.4 is 5.32 Å². The van der Waals surface area contributed by atoms with Crippen molar-refractivity contribution in [3.63, 3.8) is 0 Å². The molecule has 2 bridgehead atoms. The van der Waals surface area contributed by atoms with Gasteiger partial charge in [-0.25, -0.2) is 4.79 Å². The number of amides is 2. The van der Waals surface area contributed by atoms with Gasteiger partial charge in [-0.1, -0.05) is 35.9 Å². The summed E-state index contributed by atoms with van der Waals surface area (Å²) in [6, 6.07) is 9.01. The lowest BCUT2D eigenvalue weighted by Crippen LogP contribution is -2.55. The topological polar surface area (TPSA) is 82.4 Å². The van der Waals surface area contributed by atoms with E-state index in [9.17, 15) is 14.9 Å². The third-order valence-corrected chi connectivity index (χ3v) is 5.81. The highest BCUT2D eigenvalue weighted by Crippen LogP contribution is 2.43. The number of nitrogens with zero attached hydrogens (tertiary/aromatic N) is 2. The van der Waals surface area contributed by atoms with Crippen molar-refractivity contribution in [2.45, 2.75) is 84.0 Å². The Hall–Kier alpha value is -2.81. The summed E-state index contributed by atoms with van der Waals surface area (Å²) in [6.07, 6.45) is 4.71. The van der Waals surface area contributed by atoms with Crippen molar-refractivity contribution in [1.82, 2.24) is 10.2 Å². The standard InChI is InChI=1S/C25H33N3O3/c1-16(2)12-17-6-8-18(9-7-17)13-20(15-26)27-23(29)22-19-10-11-21(14-19)28(22)24(30)31-25(3,4)5/h6-9,12,19-22H,10-11,13-14H2,1-5H3,(H,27,29)/t19-,20-,21+,22-/m0/s1. The number of benzene rings is 1. The first-order valence-corrected chi connectivity index (χ1v) is 11.0. The molecule has 1 aromatic rings. The SMILES string of the molecule is CC(C)=Cc1ccc(C[C@@H](C#N)NC(=O)[C@@H]2[C@H]3CC[C@H](C3)N2C(=O)OC(C)(C)C)cc1. The molecule has 1 aliphatic carbocycles. The quantitative estimate of drug-likeness (QED) is 0.759. The molecule has 0 unspecified atom stereocenters. The third-order valence-electron chi connectivity index (χ3n) is 5.81. The molecule has 1 saturated heterocycles. The molecule has 6 heteroatoms. The van der Waals surface area contributed by atoms with Crippen molar-refractivity contribution in [3.8, 4) is 6.07 Å². The predicted molar refractivity (Wildman–Crippen MR) is 120 cm³/mol. The molecular weight excluding hydrogens is 390 g/mol. The van der Waals surface area contributed by atoms with E-state index in [1.807, 2.05) is 58.9 Å². The van der Waals surface area contributed by atoms with Crippen LogP contribution in [0.25, 0.3) is 6.08 Å². The first kappa shape index (κ1) is 22.9. The number of carbonyl (C=O) groups is 2. The van der Waals surface area contributed by atoms with Gasteiger partial charge in [0.25, 0.3) is 0 Å². The Morgan fingerprint density at radius 3 is 2.52 bits per heavy atom. The summed E-state index contributed by atoms with van der Waals surface area (Å²) < 4.78 is 5.56. The molecule has 4 atom stereocenters. The van der Waals surface area contributed by atoms with Crippen LogP contribution in [0.15, 0.2) is 29.8 Å². The Balaban J connectivity index is 1.67. The summed E-state index contributed by atoms with van der Waals surface area (Å²) >= 11 is 0. The number of hydrogen-bond acceptors (Lipinski definition) is 4. The number of allylic oxidation sites excluding steroid dienone is 1. The maximum absolute atomic E-state index is 13.1. The molecule has 3 rings (SSSR count). The predicted octanol–water partition coefficient (Wildman–Crippen LogP) is 4.45. The van der Waals surface area contributed by atoms with Gasteiger partial charge >= 0.3 is 6.09 Å². The zero-order valence-corrected chi connectivity index (χ0v) is 19.1. The molecule has 6 nitrogen and oxygen atoms in total. The lowest BCUT2D eigenvalue weighted by Gasteiger charge is -2.35. The minimum atomic E-state index is -0.651. The van der Waals surface area contributed by atoms with Crippen LogP contribution in [0.5, 0.6) is 0 Å². The van der Waals surface area contributed by atoms with E-state index in [2.05, 4.69) is 17.5 Å². The summed E-state index contributed by atoms with van der Waals surface area (Å²) in [5.41, 5.74) is 2.69. The van der Waals surface area contributed by atoms with E-state index >= 15 is 0 Å². The number of hydrogen-bond donors (Lipinski definition) is 1. The van der Waals surface area contributed by atoms with Crippen LogP contribution in [0, 0.1) is 17.2 Å². The molecule has 0 aromatic heterocycles. The van der Waals surface area contributed by atoms with Crippen molar-refractivity contribution >= 4 is 18.1 Å². The Labute approximate surface area is 185 Å². The number of nitrogens with one attached hydrogen (secondary N) is 1. The molecule has 1 aromatic carbocycles. The van der Waals surface area contributed by atoms with E-state index in [-0.39, 0.29) is 17.9 Å². The van der Waals surface area contributed by atoms with Gasteiger partial charge in [-0.15, -0.1) is 0 Å². The monoisotopic (exact) mass is 423 g/mol. The number of ether oxygens (including phenoxy) is 1. The Bertz CT molecular complexity index is 888. The zero-order valence-electron chi connectivity index (χ0n) is 19.1. The van der Waals surface area contributed by atoms with E-state index in [1.54, 1.807) is 4.90 Å². The first-order chi connectivity index (χ1) is 14.6. The van der Waals surface area contributed by atoms with Gasteiger partial charge in [0.15, 0.2) is 0 Å². The fraction of sp³-hybridized carbons (Fsp3) is 0.560. The minimum absolute atomic E-state index is 0.0405. The number of piperidine rings is 1. The highest BCUT2D eigenvalue weighted by atomic mass is 16.6. The molecule has 2 aliphatic rings. The van der Waals surface area contributed by atoms with Crippen LogP contribution in [0.1, 0.15) is 65.0 Å². The average molecular weight is 424 g/mol. The maximum atomic E-state index is 13.1. The normalized spacial score (nSPS) is 23.1. The van der Waals surface area contributed by atoms with E-state index in [0.29, 0.717) is 6.42 Å².